The molecule has 10 nitrogen and oxygen atoms in total. The van der Waals surface area contributed by atoms with E-state index in [9.17, 15) is 24.3 Å². The summed E-state index contributed by atoms with van der Waals surface area (Å²) in [4.78, 5) is 45.9. The van der Waals surface area contributed by atoms with Gasteiger partial charge in [-0.3, -0.25) is 9.59 Å². The Balaban J connectivity index is 0.000000220. The van der Waals surface area contributed by atoms with Crippen LogP contribution >= 0.6 is 92.8 Å². The van der Waals surface area contributed by atoms with Crippen LogP contribution in [0.15, 0.2) is 120 Å². The molecular formula is C46H36Cl8O10. The molecule has 0 fully saturated rings. The van der Waals surface area contributed by atoms with E-state index in [4.69, 9.17) is 112 Å². The van der Waals surface area contributed by atoms with Crippen molar-refractivity contribution in [1.29, 1.82) is 0 Å². The van der Waals surface area contributed by atoms with Crippen molar-refractivity contribution < 1.29 is 48.7 Å². The number of allylic oxidation sites excluding steroid dienone is 12. The quantitative estimate of drug-likeness (QED) is 0.115. The van der Waals surface area contributed by atoms with Crippen LogP contribution in [0.25, 0.3) is 0 Å². The summed E-state index contributed by atoms with van der Waals surface area (Å²) in [6.45, 7) is 0. The molecule has 0 heterocycles. The van der Waals surface area contributed by atoms with Crippen LogP contribution in [0.1, 0.15) is 60.7 Å². The molecule has 0 aliphatic heterocycles. The van der Waals surface area contributed by atoms with Gasteiger partial charge in [-0.25, -0.2) is 9.59 Å². The van der Waals surface area contributed by atoms with Crippen LogP contribution in [0.5, 0.6) is 23.0 Å². The van der Waals surface area contributed by atoms with Gasteiger partial charge in [-0.05, 0) is 67.8 Å². The molecule has 0 bridgehead atoms. The van der Waals surface area contributed by atoms with Crippen LogP contribution in [-0.4, -0.2) is 60.2 Å². The maximum absolute atomic E-state index is 12.2. The molecule has 18 heteroatoms. The number of ketones is 2. The molecule has 3 aliphatic carbocycles. The van der Waals surface area contributed by atoms with E-state index in [-0.39, 0.29) is 59.8 Å². The number of halogens is 8. The van der Waals surface area contributed by atoms with E-state index in [0.29, 0.717) is 55.4 Å². The molecule has 0 atom stereocenters. The summed E-state index contributed by atoms with van der Waals surface area (Å²) < 4.78 is 14.7. The summed E-state index contributed by atoms with van der Waals surface area (Å²) >= 11 is 46.0. The highest BCUT2D eigenvalue weighted by Gasteiger charge is 2.22. The number of carboxylic acids is 1. The summed E-state index contributed by atoms with van der Waals surface area (Å²) in [7, 11) is 4.17. The predicted octanol–water partition coefficient (Wildman–Crippen LogP) is 14.5. The monoisotopic (exact) mass is 1030 g/mol. The first kappa shape index (κ1) is 53.5. The van der Waals surface area contributed by atoms with E-state index in [0.717, 1.165) is 12.5 Å². The second kappa shape index (κ2) is 26.2. The van der Waals surface area contributed by atoms with Crippen molar-refractivity contribution in [1.82, 2.24) is 0 Å². The van der Waals surface area contributed by atoms with E-state index in [1.54, 1.807) is 30.4 Å². The van der Waals surface area contributed by atoms with Gasteiger partial charge in [0.1, 0.15) is 28.4 Å². The van der Waals surface area contributed by atoms with Gasteiger partial charge in [-0.2, -0.15) is 0 Å². The SMILES string of the molecule is C1=CCC=C1.COC(=O)c1cc(Cl)cc(Cl)c1OC.COc1c(Cl)cc(Cl)cc1C(=O)C1=CC=CC1.O=C(C1=CC=CC1)c1cc(Cl)cc(Cl)c1O.O=C(O)c1cc(Cl)cc(Cl)c1O. The highest BCUT2D eigenvalue weighted by Crippen LogP contribution is 2.36. The number of carbonyl (C=O) groups is 4. The third-order valence-electron chi connectivity index (χ3n) is 8.39. The van der Waals surface area contributed by atoms with Crippen molar-refractivity contribution in [2.75, 3.05) is 21.3 Å². The van der Waals surface area contributed by atoms with E-state index >= 15 is 0 Å². The number of phenols is 2. The van der Waals surface area contributed by atoms with Crippen molar-refractivity contribution in [2.45, 2.75) is 19.3 Å². The number of phenolic OH excluding ortho intramolecular Hbond substituents is 1. The fourth-order valence-electron chi connectivity index (χ4n) is 5.40. The zero-order valence-electron chi connectivity index (χ0n) is 33.7. The number of carbonyl (C=O) groups excluding carboxylic acids is 3. The second-order valence-electron chi connectivity index (χ2n) is 12.7. The molecule has 4 aromatic carbocycles. The number of hydrogen-bond donors (Lipinski definition) is 3. The summed E-state index contributed by atoms with van der Waals surface area (Å²) in [6, 6.07) is 11.3. The maximum atomic E-state index is 12.2. The van der Waals surface area contributed by atoms with E-state index in [2.05, 4.69) is 29.0 Å². The average Bonchev–Trinajstić information content (AvgIpc) is 4.10. The molecule has 0 amide bonds. The Morgan fingerprint density at radius 3 is 1.23 bits per heavy atom. The summed E-state index contributed by atoms with van der Waals surface area (Å²) in [5, 5.41) is 29.3. The Hall–Kier alpha value is -4.88. The smallest absolute Gasteiger partial charge is 0.341 e. The molecular weight excluding hydrogens is 996 g/mol. The predicted molar refractivity (Wildman–Crippen MR) is 256 cm³/mol. The largest absolute Gasteiger partial charge is 0.506 e. The Morgan fingerprint density at radius 2 is 0.859 bits per heavy atom. The van der Waals surface area contributed by atoms with Crippen LogP contribution in [0.3, 0.4) is 0 Å². The Morgan fingerprint density at radius 1 is 0.484 bits per heavy atom. The van der Waals surface area contributed by atoms with Gasteiger partial charge in [0.05, 0.1) is 52.5 Å². The zero-order valence-corrected chi connectivity index (χ0v) is 39.8. The highest BCUT2D eigenvalue weighted by atomic mass is 35.5. The average molecular weight is 1030 g/mol. The molecule has 0 radical (unpaired) electrons. The molecule has 0 unspecified atom stereocenters. The number of ether oxygens (including phenoxy) is 3. The fraction of sp³-hybridized carbons (Fsp3) is 0.130. The van der Waals surface area contributed by atoms with Gasteiger partial charge in [0.15, 0.2) is 17.3 Å². The fourth-order valence-corrected chi connectivity index (χ4v) is 7.53. The highest BCUT2D eigenvalue weighted by molar-refractivity contribution is 6.38. The Kier molecular flexibility index (Phi) is 21.9. The number of Topliss-reactive ketones (excluding diaryl/α,β-unsaturated/α-hetero) is 2. The number of rotatable bonds is 8. The molecule has 3 aliphatic rings. The number of benzene rings is 4. The van der Waals surface area contributed by atoms with Crippen molar-refractivity contribution in [3.63, 3.8) is 0 Å². The Labute approximate surface area is 408 Å². The lowest BCUT2D eigenvalue weighted by atomic mass is 10.0. The van der Waals surface area contributed by atoms with Gasteiger partial charge < -0.3 is 29.5 Å². The zero-order chi connectivity index (χ0) is 47.7. The molecule has 64 heavy (non-hydrogen) atoms. The van der Waals surface area contributed by atoms with Crippen molar-refractivity contribution in [2.24, 2.45) is 0 Å². The van der Waals surface area contributed by atoms with Crippen LogP contribution < -0.4 is 9.47 Å². The molecule has 0 saturated carbocycles. The first-order valence-corrected chi connectivity index (χ1v) is 21.2. The van der Waals surface area contributed by atoms with Gasteiger partial charge in [-0.1, -0.05) is 154 Å². The maximum Gasteiger partial charge on any atom is 0.341 e. The minimum atomic E-state index is -1.27. The van der Waals surface area contributed by atoms with Crippen molar-refractivity contribution >= 4 is 116 Å². The number of methoxy groups -OCH3 is 3. The first-order chi connectivity index (χ1) is 30.3. The minimum absolute atomic E-state index is 0.0695. The third-order valence-corrected chi connectivity index (χ3v) is 10.4. The number of aromatic carboxylic acids is 1. The van der Waals surface area contributed by atoms with Crippen molar-refractivity contribution in [3.8, 4) is 23.0 Å². The molecule has 0 aromatic heterocycles. The first-order valence-electron chi connectivity index (χ1n) is 18.2. The third kappa shape index (κ3) is 15.4. The van der Waals surface area contributed by atoms with Gasteiger partial charge in [0.25, 0.3) is 0 Å². The van der Waals surface area contributed by atoms with E-state index in [1.165, 1.54) is 51.7 Å². The van der Waals surface area contributed by atoms with Gasteiger partial charge in [0.2, 0.25) is 0 Å². The minimum Gasteiger partial charge on any atom is -0.506 e. The van der Waals surface area contributed by atoms with Crippen LogP contribution in [0.4, 0.5) is 0 Å². The van der Waals surface area contributed by atoms with Gasteiger partial charge in [0, 0.05) is 31.2 Å². The van der Waals surface area contributed by atoms with E-state index in [1.807, 2.05) is 18.2 Å². The summed E-state index contributed by atoms with van der Waals surface area (Å²) in [5.74, 6) is -2.19. The number of hydrogen-bond acceptors (Lipinski definition) is 9. The molecule has 7 rings (SSSR count). The normalized spacial score (nSPS) is 12.5. The summed E-state index contributed by atoms with van der Waals surface area (Å²) in [5.41, 5.74) is 1.79. The topological polar surface area (TPSA) is 157 Å². The van der Waals surface area contributed by atoms with Gasteiger partial charge >= 0.3 is 11.9 Å². The lowest BCUT2D eigenvalue weighted by Gasteiger charge is -2.10. The van der Waals surface area contributed by atoms with Crippen LogP contribution in [0.2, 0.25) is 40.2 Å². The lowest BCUT2D eigenvalue weighted by molar-refractivity contribution is 0.0595. The van der Waals surface area contributed by atoms with Crippen molar-refractivity contribution in [3.05, 3.63) is 183 Å². The number of carboxylic acid groups (broad SMARTS) is 1. The lowest BCUT2D eigenvalue weighted by Crippen LogP contribution is -2.05. The molecule has 4 aromatic rings. The molecule has 336 valence electrons. The molecule has 0 spiro atoms. The van der Waals surface area contributed by atoms with E-state index < -0.39 is 17.7 Å². The molecule has 0 saturated heterocycles. The standard InChI is InChI=1S/C13H10Cl2O2.C12H8Cl2O2.C9H8Cl2O3.C7H4Cl2O3.C5H6/c1-17-13-10(6-9(14)7-11(13)15)12(16)8-4-2-3-5-8;13-8-5-9(12(16)10(14)6-8)11(15)7-3-1-2-4-7;1-13-8-6(9(12)14-2)3-5(10)4-7(8)11;8-3-1-4(7(11)12)6(10)5(9)2-3;1-2-4-5-3-1/h2-4,6-7H,5H2,1H3;1-3,5-6,16H,4H2;3-4H,1-2H3;1-2,10H,(H,11,12);1-4H,5H2. The second-order valence-corrected chi connectivity index (χ2v) is 16.1. The van der Waals surface area contributed by atoms with Crippen LogP contribution in [0, 0.1) is 0 Å². The number of aromatic hydroxyl groups is 2. The molecule has 3 N–H and O–H groups in total. The summed E-state index contributed by atoms with van der Waals surface area (Å²) in [6.07, 6.45) is 21.7. The van der Waals surface area contributed by atoms with Gasteiger partial charge in [-0.15, -0.1) is 0 Å². The Bertz CT molecular complexity index is 2580. The van der Waals surface area contributed by atoms with Crippen LogP contribution in [-0.2, 0) is 4.74 Å². The number of esters is 1.